The van der Waals surface area contributed by atoms with E-state index in [0.29, 0.717) is 22.6 Å². The number of nitrogens with two attached hydrogens (primary N) is 4. The summed E-state index contributed by atoms with van der Waals surface area (Å²) in [5, 5.41) is 11.3. The van der Waals surface area contributed by atoms with Crippen molar-refractivity contribution in [3.63, 3.8) is 0 Å². The number of hydrogen-bond donors (Lipinski definition) is 8. The van der Waals surface area contributed by atoms with Gasteiger partial charge in [0, 0.05) is 28.3 Å². The fraction of sp³-hybridized carbons (Fsp3) is 0.0385. The highest BCUT2D eigenvalue weighted by molar-refractivity contribution is 7.86. The second kappa shape index (κ2) is 13.5. The summed E-state index contributed by atoms with van der Waals surface area (Å²) in [5.41, 5.74) is 24.7. The Hall–Kier alpha value is -4.83. The third-order valence-electron chi connectivity index (χ3n) is 5.14. The van der Waals surface area contributed by atoms with Crippen molar-refractivity contribution in [1.29, 1.82) is 0 Å². The van der Waals surface area contributed by atoms with Crippen LogP contribution < -0.4 is 28.3 Å². The minimum atomic E-state index is -4.51. The lowest BCUT2D eigenvalue weighted by Crippen LogP contribution is -2.15. The Morgan fingerprint density at radius 2 is 1.20 bits per heavy atom. The Labute approximate surface area is 236 Å². The summed E-state index contributed by atoms with van der Waals surface area (Å²) < 4.78 is 61.2. The third kappa shape index (κ3) is 10.3. The lowest BCUT2D eigenvalue weighted by Gasteiger charge is -2.10. The standard InChI is InChI=1S/C13H13N3O4S.C7H9NO.C6H7NO3S/c14-9-3-1-8(2-4-9)13(17)16-11-6-5-10(15)7-12(11)21(18,19)20;1-5-4-6(9)2-3-7(5)8;7-5-1-3-6(4-2-5)11(8,9)10/h1-7H,14-15H2,(H,16,17)(H,18,19,20);2-4,9H,8H2,1H3;1-4H,7H2,(H,8,9,10). The van der Waals surface area contributed by atoms with Crippen LogP contribution in [0.4, 0.5) is 28.4 Å². The maximum absolute atomic E-state index is 12.0. The zero-order valence-corrected chi connectivity index (χ0v) is 23.2. The Morgan fingerprint density at radius 1 is 0.683 bits per heavy atom. The molecule has 218 valence electrons. The van der Waals surface area contributed by atoms with Gasteiger partial charge in [-0.1, -0.05) is 0 Å². The molecule has 1 amide bonds. The number of hydrogen-bond acceptors (Lipinski definition) is 10. The van der Waals surface area contributed by atoms with E-state index in [2.05, 4.69) is 5.32 Å². The number of benzene rings is 4. The van der Waals surface area contributed by atoms with Crippen molar-refractivity contribution in [3.8, 4) is 5.75 Å². The molecule has 0 aliphatic heterocycles. The molecule has 4 aromatic rings. The summed E-state index contributed by atoms with van der Waals surface area (Å²) in [6.45, 7) is 1.86. The van der Waals surface area contributed by atoms with Gasteiger partial charge in [0.15, 0.2) is 0 Å². The molecule has 15 heteroatoms. The highest BCUT2D eigenvalue weighted by Crippen LogP contribution is 2.24. The number of aromatic hydroxyl groups is 1. The fourth-order valence-corrected chi connectivity index (χ4v) is 4.15. The smallest absolute Gasteiger partial charge is 0.296 e. The summed E-state index contributed by atoms with van der Waals surface area (Å²) in [7, 11) is -8.58. The minimum absolute atomic E-state index is 0.0616. The second-order valence-electron chi connectivity index (χ2n) is 8.39. The van der Waals surface area contributed by atoms with E-state index in [9.17, 15) is 21.6 Å². The van der Waals surface area contributed by atoms with Crippen LogP contribution in [0, 0.1) is 6.92 Å². The Balaban J connectivity index is 0.000000245. The number of nitrogen functional groups attached to an aromatic ring is 4. The number of rotatable bonds is 4. The van der Waals surface area contributed by atoms with Gasteiger partial charge < -0.3 is 33.4 Å². The zero-order valence-electron chi connectivity index (χ0n) is 21.6. The van der Waals surface area contributed by atoms with Crippen LogP contribution in [0.25, 0.3) is 0 Å². The maximum atomic E-state index is 12.0. The van der Waals surface area contributed by atoms with Crippen molar-refractivity contribution in [2.75, 3.05) is 28.3 Å². The molecule has 0 bridgehead atoms. The number of carbonyl (C=O) groups is 1. The normalized spacial score (nSPS) is 10.8. The maximum Gasteiger partial charge on any atom is 0.296 e. The first kappa shape index (κ1) is 32.4. The summed E-state index contributed by atoms with van der Waals surface area (Å²) in [6, 6.07) is 20.0. The second-order valence-corrected chi connectivity index (χ2v) is 11.2. The molecule has 0 aromatic heterocycles. The Morgan fingerprint density at radius 3 is 1.66 bits per heavy atom. The van der Waals surface area contributed by atoms with Gasteiger partial charge in [-0.15, -0.1) is 0 Å². The summed E-state index contributed by atoms with van der Waals surface area (Å²) >= 11 is 0. The van der Waals surface area contributed by atoms with E-state index in [4.69, 9.17) is 37.1 Å². The predicted molar refractivity (Wildman–Crippen MR) is 157 cm³/mol. The van der Waals surface area contributed by atoms with Gasteiger partial charge in [0.25, 0.3) is 26.1 Å². The van der Waals surface area contributed by atoms with Gasteiger partial charge in [0.1, 0.15) is 10.6 Å². The molecule has 13 nitrogen and oxygen atoms in total. The van der Waals surface area contributed by atoms with E-state index in [1.54, 1.807) is 30.3 Å². The molecule has 0 spiro atoms. The molecule has 4 aromatic carbocycles. The lowest BCUT2D eigenvalue weighted by molar-refractivity contribution is 0.102. The highest BCUT2D eigenvalue weighted by Gasteiger charge is 2.18. The van der Waals surface area contributed by atoms with E-state index in [0.717, 1.165) is 11.6 Å². The molecule has 0 atom stereocenters. The molecule has 0 aliphatic carbocycles. The molecule has 0 saturated heterocycles. The topological polar surface area (TPSA) is 262 Å². The molecule has 0 heterocycles. The monoisotopic (exact) mass is 603 g/mol. The molecule has 12 N–H and O–H groups in total. The van der Waals surface area contributed by atoms with Crippen molar-refractivity contribution < 1.29 is 35.8 Å². The van der Waals surface area contributed by atoms with Gasteiger partial charge in [-0.2, -0.15) is 16.8 Å². The van der Waals surface area contributed by atoms with Gasteiger partial charge in [-0.05, 0) is 97.4 Å². The van der Waals surface area contributed by atoms with Gasteiger partial charge >= 0.3 is 0 Å². The van der Waals surface area contributed by atoms with Gasteiger partial charge in [-0.25, -0.2) is 0 Å². The number of anilines is 5. The van der Waals surface area contributed by atoms with Crippen molar-refractivity contribution in [2.45, 2.75) is 16.7 Å². The fourth-order valence-electron chi connectivity index (χ4n) is 2.98. The first-order valence-corrected chi connectivity index (χ1v) is 14.3. The summed E-state index contributed by atoms with van der Waals surface area (Å²) in [5.74, 6) is -0.272. The molecule has 0 saturated carbocycles. The number of phenolic OH excluding ortho intramolecular Hbond substituents is 1. The minimum Gasteiger partial charge on any atom is -0.508 e. The highest BCUT2D eigenvalue weighted by atomic mass is 32.2. The van der Waals surface area contributed by atoms with Crippen LogP contribution in [0.5, 0.6) is 5.75 Å². The predicted octanol–water partition coefficient (Wildman–Crippen LogP) is 3.15. The largest absolute Gasteiger partial charge is 0.508 e. The molecular formula is C26H29N5O8S2. The van der Waals surface area contributed by atoms with Crippen LogP contribution in [0.2, 0.25) is 0 Å². The van der Waals surface area contributed by atoms with Crippen molar-refractivity contribution in [2.24, 2.45) is 0 Å². The van der Waals surface area contributed by atoms with Crippen LogP contribution in [0.15, 0.2) is 94.7 Å². The third-order valence-corrected chi connectivity index (χ3v) is 6.90. The van der Waals surface area contributed by atoms with E-state index in [1.807, 2.05) is 6.92 Å². The van der Waals surface area contributed by atoms with E-state index >= 15 is 0 Å². The number of nitrogens with one attached hydrogen (secondary N) is 1. The summed E-state index contributed by atoms with van der Waals surface area (Å²) in [6.07, 6.45) is 0. The van der Waals surface area contributed by atoms with Crippen LogP contribution >= 0.6 is 0 Å². The van der Waals surface area contributed by atoms with E-state index in [1.165, 1.54) is 48.5 Å². The van der Waals surface area contributed by atoms with Crippen molar-refractivity contribution in [1.82, 2.24) is 0 Å². The number of aryl methyl sites for hydroxylation is 1. The lowest BCUT2D eigenvalue weighted by atomic mass is 10.2. The van der Waals surface area contributed by atoms with Gasteiger partial charge in [0.2, 0.25) is 0 Å². The Bertz CT molecular complexity index is 1730. The SMILES string of the molecule is Cc1cc(O)ccc1N.Nc1ccc(C(=O)Nc2ccc(N)cc2S(=O)(=O)O)cc1.Nc1ccc(S(=O)(=O)O)cc1. The van der Waals surface area contributed by atoms with Crippen molar-refractivity contribution >= 4 is 54.6 Å². The first-order valence-electron chi connectivity index (χ1n) is 11.4. The average Bonchev–Trinajstić information content (AvgIpc) is 2.88. The van der Waals surface area contributed by atoms with Gasteiger partial charge in [-0.3, -0.25) is 13.9 Å². The summed E-state index contributed by atoms with van der Waals surface area (Å²) in [4.78, 5) is 11.4. The molecule has 41 heavy (non-hydrogen) atoms. The van der Waals surface area contributed by atoms with Crippen molar-refractivity contribution in [3.05, 3.63) is 96.1 Å². The number of phenols is 1. The van der Waals surface area contributed by atoms with Crippen LogP contribution in [-0.2, 0) is 20.2 Å². The molecule has 0 radical (unpaired) electrons. The zero-order chi connectivity index (χ0) is 31.0. The van der Waals surface area contributed by atoms with Gasteiger partial charge in [0.05, 0.1) is 10.6 Å². The Kier molecular flexibility index (Phi) is 10.7. The van der Waals surface area contributed by atoms with Crippen LogP contribution in [0.3, 0.4) is 0 Å². The molecule has 0 unspecified atom stereocenters. The van der Waals surface area contributed by atoms with Crippen LogP contribution in [-0.4, -0.2) is 37.0 Å². The van der Waals surface area contributed by atoms with E-state index in [-0.39, 0.29) is 22.0 Å². The first-order chi connectivity index (χ1) is 19.0. The van der Waals surface area contributed by atoms with Crippen LogP contribution in [0.1, 0.15) is 15.9 Å². The number of carbonyl (C=O) groups excluding carboxylic acids is 1. The molecular weight excluding hydrogens is 574 g/mol. The molecule has 0 aliphatic rings. The quantitative estimate of drug-likeness (QED) is 0.0950. The van der Waals surface area contributed by atoms with E-state index < -0.39 is 31.0 Å². The average molecular weight is 604 g/mol. The number of amides is 1. The molecule has 0 fully saturated rings. The molecule has 4 rings (SSSR count).